The number of nitrogens with one attached hydrogen (secondary N) is 5. The molecule has 6 N–H and O–H groups in total. The summed E-state index contributed by atoms with van der Waals surface area (Å²) in [4.78, 5) is 114. The fraction of sp³-hybridized carbons (Fsp3) is 0.708. The monoisotopic (exact) mass is 1010 g/mol. The van der Waals surface area contributed by atoms with Crippen molar-refractivity contribution in [2.24, 2.45) is 11.8 Å². The van der Waals surface area contributed by atoms with Crippen molar-refractivity contribution in [3.8, 4) is 5.75 Å². The molecule has 394 valence electrons. The first kappa shape index (κ1) is 59.1. The molecule has 0 spiro atoms. The van der Waals surface area contributed by atoms with Gasteiger partial charge in [0.2, 0.25) is 47.0 Å². The zero-order chi connectivity index (χ0) is 52.7. The van der Waals surface area contributed by atoms with Gasteiger partial charge in [-0.3, -0.25) is 38.4 Å². The summed E-state index contributed by atoms with van der Waals surface area (Å²) in [5.41, 5.74) is -3.29. The van der Waals surface area contributed by atoms with Crippen LogP contribution in [0.5, 0.6) is 5.75 Å². The van der Waals surface area contributed by atoms with Crippen molar-refractivity contribution in [2.45, 2.75) is 167 Å². The van der Waals surface area contributed by atoms with Crippen LogP contribution in [0.3, 0.4) is 0 Å². The van der Waals surface area contributed by atoms with Crippen molar-refractivity contribution in [1.82, 2.24) is 41.3 Å². The van der Waals surface area contributed by atoms with Gasteiger partial charge in [0, 0.05) is 52.1 Å². The summed E-state index contributed by atoms with van der Waals surface area (Å²) < 4.78 is 46.7. The molecule has 8 amide bonds. The van der Waals surface area contributed by atoms with Crippen LogP contribution in [0.4, 0.5) is 13.2 Å². The summed E-state index contributed by atoms with van der Waals surface area (Å²) in [6.07, 6.45) is -2.33. The van der Waals surface area contributed by atoms with Gasteiger partial charge in [0.05, 0.1) is 6.61 Å². The van der Waals surface area contributed by atoms with Crippen molar-refractivity contribution in [1.29, 1.82) is 0 Å². The predicted octanol–water partition coefficient (Wildman–Crippen LogP) is 3.39. The predicted molar refractivity (Wildman–Crippen MR) is 255 cm³/mol. The maximum absolute atomic E-state index is 14.9. The number of rotatable bonds is 20. The first-order valence-corrected chi connectivity index (χ1v) is 24.6. The van der Waals surface area contributed by atoms with E-state index in [1.165, 1.54) is 30.7 Å². The van der Waals surface area contributed by atoms with Gasteiger partial charge in [-0.1, -0.05) is 32.4 Å². The molecule has 2 aliphatic rings. The van der Waals surface area contributed by atoms with Crippen molar-refractivity contribution >= 4 is 58.9 Å². The van der Waals surface area contributed by atoms with Gasteiger partial charge >= 0.3 is 6.18 Å². The quantitative estimate of drug-likeness (QED) is 0.104. The Bertz CT molecular complexity index is 2000. The van der Waals surface area contributed by atoms with Crippen LogP contribution in [0.25, 0.3) is 0 Å². The summed E-state index contributed by atoms with van der Waals surface area (Å²) in [6, 6.07) is -2.71. The molecule has 18 nitrogen and oxygen atoms in total. The highest BCUT2D eigenvalue weighted by molar-refractivity contribution is 6.30. The molecule has 1 aliphatic heterocycles. The maximum Gasteiger partial charge on any atom is 0.426 e. The Hall–Kier alpha value is -5.18. The molecule has 1 saturated carbocycles. The molecular weight excluding hydrogens is 941 g/mol. The molecule has 1 heterocycles. The summed E-state index contributed by atoms with van der Waals surface area (Å²) >= 11 is 6.47. The lowest BCUT2D eigenvalue weighted by Crippen LogP contribution is -2.62. The number of amides is 8. The van der Waals surface area contributed by atoms with Crippen molar-refractivity contribution < 1.29 is 61.4 Å². The number of nitrogens with zero attached hydrogens (tertiary/aromatic N) is 3. The molecule has 1 aromatic carbocycles. The number of carbonyl (C=O) groups is 8. The fourth-order valence-electron chi connectivity index (χ4n) is 8.03. The van der Waals surface area contributed by atoms with E-state index in [4.69, 9.17) is 16.3 Å². The molecule has 2 fully saturated rings. The number of unbranched alkanes of at least 4 members (excludes halogenated alkanes) is 1. The van der Waals surface area contributed by atoms with Crippen LogP contribution in [0.15, 0.2) is 18.2 Å². The molecule has 3 rings (SSSR count). The number of halogens is 4. The Labute approximate surface area is 414 Å². The van der Waals surface area contributed by atoms with Crippen LogP contribution in [-0.2, 0) is 44.8 Å². The lowest BCUT2D eigenvalue weighted by molar-refractivity contribution is -0.245. The third-order valence-electron chi connectivity index (χ3n) is 12.6. The third kappa shape index (κ3) is 17.3. The van der Waals surface area contributed by atoms with Crippen molar-refractivity contribution in [3.63, 3.8) is 0 Å². The molecule has 0 aromatic heterocycles. The lowest BCUT2D eigenvalue weighted by Gasteiger charge is -2.36. The number of benzene rings is 1. The number of likely N-dealkylation sites (N-methyl/N-ethyl adjacent to an activating group) is 3. The standard InChI is InChI=1S/C48H74ClF3N8O10/c1-10-34(57-46(68)47(7,69)48(50,51)52)40(62)55-35(16-12-14-22-53-30(6)61)44(66)59(9)37-17-13-15-23-58(8)43(65)29(5)54-42(64)38(60(11-2)45(67)36(24-28(3)4)56-41(37)63)26-32-25-33(49)20-21-39(32)70-27-31-18-19-31/h20-21,25,28-29,31,34-38,69H,10-19,22-24,26-27H2,1-9H3,(H,53,61)(H,54,64)(H,55,62)(H,56,63)(H,57,68)/t29-,34+,35+,36+,37+,38+,47-/m1/s1. The Kier molecular flexibility index (Phi) is 22.7. The van der Waals surface area contributed by atoms with Crippen LogP contribution in [0.2, 0.25) is 5.02 Å². The van der Waals surface area contributed by atoms with E-state index in [0.29, 0.717) is 41.7 Å². The number of hydrogen-bond acceptors (Lipinski definition) is 10. The minimum atomic E-state index is -5.37. The van der Waals surface area contributed by atoms with Gasteiger partial charge in [0.1, 0.15) is 42.0 Å². The Morgan fingerprint density at radius 1 is 0.971 bits per heavy atom. The van der Waals surface area contributed by atoms with Crippen LogP contribution in [-0.4, -0.2) is 155 Å². The average Bonchev–Trinajstić information content (AvgIpc) is 4.12. The second-order valence-corrected chi connectivity index (χ2v) is 19.5. The number of carbonyl (C=O) groups excluding carboxylic acids is 8. The highest BCUT2D eigenvalue weighted by Gasteiger charge is 2.56. The highest BCUT2D eigenvalue weighted by atomic mass is 35.5. The zero-order valence-electron chi connectivity index (χ0n) is 41.9. The fourth-order valence-corrected chi connectivity index (χ4v) is 8.23. The summed E-state index contributed by atoms with van der Waals surface area (Å²) in [5.74, 6) is -5.66. The lowest BCUT2D eigenvalue weighted by atomic mass is 9.97. The third-order valence-corrected chi connectivity index (χ3v) is 12.8. The van der Waals surface area contributed by atoms with E-state index in [1.807, 2.05) is 19.2 Å². The topological polar surface area (TPSA) is 236 Å². The normalized spacial score (nSPS) is 21.8. The molecule has 0 unspecified atom stereocenters. The van der Waals surface area contributed by atoms with E-state index in [0.717, 1.165) is 17.7 Å². The maximum atomic E-state index is 14.9. The summed E-state index contributed by atoms with van der Waals surface area (Å²) in [7, 11) is 2.90. The molecule has 0 bridgehead atoms. The van der Waals surface area contributed by atoms with Crippen LogP contribution in [0, 0.1) is 11.8 Å². The number of aliphatic hydroxyl groups is 1. The molecule has 1 aliphatic carbocycles. The number of alkyl halides is 3. The van der Waals surface area contributed by atoms with Crippen molar-refractivity contribution in [2.75, 3.05) is 40.3 Å². The zero-order valence-corrected chi connectivity index (χ0v) is 42.7. The van der Waals surface area contributed by atoms with E-state index in [-0.39, 0.29) is 83.3 Å². The molecular formula is C48H74ClF3N8O10. The molecule has 1 saturated heterocycles. The van der Waals surface area contributed by atoms with Gasteiger partial charge in [0.15, 0.2) is 0 Å². The van der Waals surface area contributed by atoms with Gasteiger partial charge in [-0.25, -0.2) is 0 Å². The van der Waals surface area contributed by atoms with Gasteiger partial charge in [-0.05, 0) is 121 Å². The summed E-state index contributed by atoms with van der Waals surface area (Å²) in [6.45, 7) is 10.8. The molecule has 1 aromatic rings. The molecule has 7 atom stereocenters. The Morgan fingerprint density at radius 3 is 2.23 bits per heavy atom. The minimum absolute atomic E-state index is 0.000532. The van der Waals surface area contributed by atoms with E-state index in [2.05, 4.69) is 21.3 Å². The van der Waals surface area contributed by atoms with E-state index >= 15 is 0 Å². The van der Waals surface area contributed by atoms with Crippen molar-refractivity contribution in [3.05, 3.63) is 28.8 Å². The van der Waals surface area contributed by atoms with Gasteiger partial charge in [0.25, 0.3) is 5.91 Å². The molecule has 0 radical (unpaired) electrons. The largest absolute Gasteiger partial charge is 0.493 e. The van der Waals surface area contributed by atoms with Gasteiger partial charge in [-0.2, -0.15) is 13.2 Å². The molecule has 22 heteroatoms. The van der Waals surface area contributed by atoms with Crippen LogP contribution in [0.1, 0.15) is 118 Å². The average molecular weight is 1020 g/mol. The number of ether oxygens (including phenoxy) is 1. The van der Waals surface area contributed by atoms with Crippen LogP contribution < -0.4 is 31.3 Å². The SMILES string of the molecule is CC[C@H](NC(=O)[C@@](C)(O)C(F)(F)F)C(=O)N[C@@H](CCCCNC(C)=O)C(=O)N(C)[C@H]1CCCCN(C)C(=O)[C@@H](C)NC(=O)[C@H](Cc2cc(Cl)ccc2OCC2CC2)N(CC)C(=O)[C@H](CC(C)C)NC1=O. The second kappa shape index (κ2) is 26.9. The number of hydrogen-bond donors (Lipinski definition) is 6. The molecule has 70 heavy (non-hydrogen) atoms. The smallest absolute Gasteiger partial charge is 0.426 e. The first-order chi connectivity index (χ1) is 32.7. The van der Waals surface area contributed by atoms with Crippen LogP contribution >= 0.6 is 11.6 Å². The van der Waals surface area contributed by atoms with E-state index in [1.54, 1.807) is 39.1 Å². The first-order valence-electron chi connectivity index (χ1n) is 24.2. The van der Waals surface area contributed by atoms with E-state index in [9.17, 15) is 56.6 Å². The Morgan fingerprint density at radius 2 is 1.64 bits per heavy atom. The van der Waals surface area contributed by atoms with E-state index < -0.39 is 89.4 Å². The summed E-state index contributed by atoms with van der Waals surface area (Å²) in [5, 5.41) is 23.1. The Balaban J connectivity index is 2.07. The highest BCUT2D eigenvalue weighted by Crippen LogP contribution is 2.33. The second-order valence-electron chi connectivity index (χ2n) is 19.0. The minimum Gasteiger partial charge on any atom is -0.493 e. The van der Waals surface area contributed by atoms with Gasteiger partial charge < -0.3 is 51.1 Å². The van der Waals surface area contributed by atoms with Gasteiger partial charge in [-0.15, -0.1) is 0 Å².